The van der Waals surface area contributed by atoms with E-state index < -0.39 is 6.10 Å². The molecule has 0 aromatic heterocycles. The van der Waals surface area contributed by atoms with Crippen molar-refractivity contribution in [2.24, 2.45) is 5.73 Å². The van der Waals surface area contributed by atoms with Crippen LogP contribution in [0.4, 0.5) is 5.69 Å². The summed E-state index contributed by atoms with van der Waals surface area (Å²) in [6.45, 7) is 2.71. The average molecular weight is 385 g/mol. The molecule has 0 bridgehead atoms. The SMILES string of the molecule is COc1ccccc1N1CCN(C(=O)C(OC)c2ccccc2OCN)CC1. The van der Waals surface area contributed by atoms with E-state index in [0.717, 1.165) is 24.5 Å². The molecule has 0 saturated carbocycles. The Labute approximate surface area is 165 Å². The summed E-state index contributed by atoms with van der Waals surface area (Å²) in [5.74, 6) is 1.33. The summed E-state index contributed by atoms with van der Waals surface area (Å²) in [4.78, 5) is 17.2. The predicted octanol–water partition coefficient (Wildman–Crippen LogP) is 2.03. The van der Waals surface area contributed by atoms with Gasteiger partial charge in [0.05, 0.1) is 12.8 Å². The number of hydrogen-bond donors (Lipinski definition) is 1. The first-order valence-corrected chi connectivity index (χ1v) is 9.31. The normalized spacial score (nSPS) is 15.2. The molecule has 1 aliphatic heterocycles. The minimum absolute atomic E-state index is 0.0409. The van der Waals surface area contributed by atoms with E-state index in [2.05, 4.69) is 4.90 Å². The number of para-hydroxylation sites is 3. The maximum atomic E-state index is 13.1. The Hall–Kier alpha value is -2.77. The highest BCUT2D eigenvalue weighted by molar-refractivity contribution is 5.83. The molecule has 7 nitrogen and oxygen atoms in total. The van der Waals surface area contributed by atoms with Gasteiger partial charge < -0.3 is 24.0 Å². The van der Waals surface area contributed by atoms with Gasteiger partial charge in [-0.3, -0.25) is 10.5 Å². The third-order valence-electron chi connectivity index (χ3n) is 4.92. The Balaban J connectivity index is 1.70. The van der Waals surface area contributed by atoms with Crippen LogP contribution in [0.3, 0.4) is 0 Å². The smallest absolute Gasteiger partial charge is 0.256 e. The van der Waals surface area contributed by atoms with Crippen LogP contribution in [0.25, 0.3) is 0 Å². The molecular formula is C21H27N3O4. The Morgan fingerprint density at radius 3 is 2.29 bits per heavy atom. The van der Waals surface area contributed by atoms with Gasteiger partial charge in [0, 0.05) is 38.9 Å². The lowest BCUT2D eigenvalue weighted by atomic mass is 10.1. The maximum Gasteiger partial charge on any atom is 0.256 e. The summed E-state index contributed by atoms with van der Waals surface area (Å²) in [6.07, 6.45) is -0.722. The highest BCUT2D eigenvalue weighted by Crippen LogP contribution is 2.31. The number of hydrogen-bond acceptors (Lipinski definition) is 6. The summed E-state index contributed by atoms with van der Waals surface area (Å²) in [6, 6.07) is 15.3. The number of piperazine rings is 1. The van der Waals surface area contributed by atoms with Crippen LogP contribution < -0.4 is 20.1 Å². The number of methoxy groups -OCH3 is 2. The van der Waals surface area contributed by atoms with Crippen LogP contribution in [-0.4, -0.2) is 57.9 Å². The van der Waals surface area contributed by atoms with Crippen LogP contribution in [0, 0.1) is 0 Å². The van der Waals surface area contributed by atoms with Gasteiger partial charge in [0.15, 0.2) is 6.10 Å². The van der Waals surface area contributed by atoms with E-state index in [1.54, 1.807) is 13.2 Å². The van der Waals surface area contributed by atoms with Gasteiger partial charge in [0.25, 0.3) is 5.91 Å². The van der Waals surface area contributed by atoms with E-state index >= 15 is 0 Å². The molecule has 1 unspecified atom stereocenters. The number of anilines is 1. The summed E-state index contributed by atoms with van der Waals surface area (Å²) in [5, 5.41) is 0. The Morgan fingerprint density at radius 2 is 1.64 bits per heavy atom. The number of ether oxygens (including phenoxy) is 3. The summed E-state index contributed by atoms with van der Waals surface area (Å²) in [7, 11) is 3.20. The minimum Gasteiger partial charge on any atom is -0.495 e. The van der Waals surface area contributed by atoms with Gasteiger partial charge in [-0.15, -0.1) is 0 Å². The molecule has 0 spiro atoms. The van der Waals surface area contributed by atoms with Gasteiger partial charge in [-0.2, -0.15) is 0 Å². The van der Waals surface area contributed by atoms with Crippen LogP contribution in [0.15, 0.2) is 48.5 Å². The average Bonchev–Trinajstić information content (AvgIpc) is 2.75. The van der Waals surface area contributed by atoms with Crippen LogP contribution in [0.1, 0.15) is 11.7 Å². The zero-order valence-electron chi connectivity index (χ0n) is 16.3. The summed E-state index contributed by atoms with van der Waals surface area (Å²) >= 11 is 0. The van der Waals surface area contributed by atoms with E-state index in [4.69, 9.17) is 19.9 Å². The first kappa shape index (κ1) is 20.0. The molecule has 7 heteroatoms. The molecule has 0 radical (unpaired) electrons. The maximum absolute atomic E-state index is 13.1. The second-order valence-corrected chi connectivity index (χ2v) is 6.45. The van der Waals surface area contributed by atoms with Crippen molar-refractivity contribution < 1.29 is 19.0 Å². The third kappa shape index (κ3) is 4.21. The molecule has 1 heterocycles. The van der Waals surface area contributed by atoms with Crippen molar-refractivity contribution in [2.75, 3.05) is 52.0 Å². The second-order valence-electron chi connectivity index (χ2n) is 6.45. The monoisotopic (exact) mass is 385 g/mol. The fourth-order valence-corrected chi connectivity index (χ4v) is 3.50. The number of rotatable bonds is 7. The highest BCUT2D eigenvalue weighted by atomic mass is 16.5. The molecule has 28 heavy (non-hydrogen) atoms. The molecular weight excluding hydrogens is 358 g/mol. The number of nitrogens with two attached hydrogens (primary N) is 1. The van der Waals surface area contributed by atoms with Gasteiger partial charge in [0.1, 0.15) is 18.2 Å². The standard InChI is InChI=1S/C21H27N3O4/c1-26-19-10-6-4-8-17(19)23-11-13-24(14-12-23)21(25)20(27-2)16-7-3-5-9-18(16)28-15-22/h3-10,20H,11-15,22H2,1-2H3. The topological polar surface area (TPSA) is 77.3 Å². The summed E-state index contributed by atoms with van der Waals surface area (Å²) in [5.41, 5.74) is 7.24. The molecule has 2 aromatic carbocycles. The fourth-order valence-electron chi connectivity index (χ4n) is 3.50. The predicted molar refractivity (Wildman–Crippen MR) is 108 cm³/mol. The second kappa shape index (κ2) is 9.43. The van der Waals surface area contributed by atoms with E-state index in [0.29, 0.717) is 24.4 Å². The van der Waals surface area contributed by atoms with Crippen molar-refractivity contribution in [1.29, 1.82) is 0 Å². The van der Waals surface area contributed by atoms with Crippen LogP contribution in [0.5, 0.6) is 11.5 Å². The van der Waals surface area contributed by atoms with Crippen molar-refractivity contribution in [3.63, 3.8) is 0 Å². The molecule has 1 fully saturated rings. The first-order chi connectivity index (χ1) is 13.7. The number of amides is 1. The molecule has 1 saturated heterocycles. The van der Waals surface area contributed by atoms with E-state index in [1.165, 1.54) is 7.11 Å². The van der Waals surface area contributed by atoms with Crippen LogP contribution in [-0.2, 0) is 9.53 Å². The fraction of sp³-hybridized carbons (Fsp3) is 0.381. The first-order valence-electron chi connectivity index (χ1n) is 9.31. The third-order valence-corrected chi connectivity index (χ3v) is 4.92. The summed E-state index contributed by atoms with van der Waals surface area (Å²) < 4.78 is 16.5. The Bertz CT molecular complexity index is 791. The number of benzene rings is 2. The van der Waals surface area contributed by atoms with Gasteiger partial charge in [-0.1, -0.05) is 30.3 Å². The van der Waals surface area contributed by atoms with Crippen molar-refractivity contribution in [3.05, 3.63) is 54.1 Å². The molecule has 1 aliphatic rings. The van der Waals surface area contributed by atoms with Crippen molar-refractivity contribution in [2.45, 2.75) is 6.10 Å². The van der Waals surface area contributed by atoms with Crippen molar-refractivity contribution >= 4 is 11.6 Å². The minimum atomic E-state index is -0.722. The van der Waals surface area contributed by atoms with E-state index in [9.17, 15) is 4.79 Å². The molecule has 150 valence electrons. The number of nitrogens with zero attached hydrogens (tertiary/aromatic N) is 2. The Morgan fingerprint density at radius 1 is 1.00 bits per heavy atom. The van der Waals surface area contributed by atoms with Crippen LogP contribution >= 0.6 is 0 Å². The lowest BCUT2D eigenvalue weighted by Gasteiger charge is -2.37. The molecule has 2 aromatic rings. The van der Waals surface area contributed by atoms with E-state index in [-0.39, 0.29) is 12.6 Å². The number of carbonyl (C=O) groups is 1. The molecule has 1 amide bonds. The zero-order chi connectivity index (χ0) is 19.9. The van der Waals surface area contributed by atoms with Crippen molar-refractivity contribution in [1.82, 2.24) is 4.90 Å². The van der Waals surface area contributed by atoms with E-state index in [1.807, 2.05) is 47.4 Å². The zero-order valence-corrected chi connectivity index (χ0v) is 16.3. The molecule has 0 aliphatic carbocycles. The van der Waals surface area contributed by atoms with Gasteiger partial charge in [-0.25, -0.2) is 0 Å². The molecule has 1 atom stereocenters. The Kier molecular flexibility index (Phi) is 6.73. The number of carbonyl (C=O) groups excluding carboxylic acids is 1. The lowest BCUT2D eigenvalue weighted by molar-refractivity contribution is -0.142. The van der Waals surface area contributed by atoms with Gasteiger partial charge in [-0.05, 0) is 18.2 Å². The largest absolute Gasteiger partial charge is 0.495 e. The quantitative estimate of drug-likeness (QED) is 0.735. The molecule has 3 rings (SSSR count). The highest BCUT2D eigenvalue weighted by Gasteiger charge is 2.31. The van der Waals surface area contributed by atoms with Gasteiger partial charge in [0.2, 0.25) is 0 Å². The van der Waals surface area contributed by atoms with Crippen LogP contribution in [0.2, 0.25) is 0 Å². The lowest BCUT2D eigenvalue weighted by Crippen LogP contribution is -2.50. The molecule has 2 N–H and O–H groups in total. The van der Waals surface area contributed by atoms with Crippen molar-refractivity contribution in [3.8, 4) is 11.5 Å². The van der Waals surface area contributed by atoms with Gasteiger partial charge >= 0.3 is 0 Å².